The van der Waals surface area contributed by atoms with Crippen LogP contribution in [0.25, 0.3) is 11.5 Å². The lowest BCUT2D eigenvalue weighted by Gasteiger charge is -2.36. The van der Waals surface area contributed by atoms with Crippen molar-refractivity contribution >= 4 is 17.3 Å². The molecule has 6 heteroatoms. The lowest BCUT2D eigenvalue weighted by molar-refractivity contribution is -0.931. The summed E-state index contributed by atoms with van der Waals surface area (Å²) in [6.45, 7) is 8.48. The first-order valence-electron chi connectivity index (χ1n) is 9.36. The third kappa shape index (κ3) is 3.84. The Kier molecular flexibility index (Phi) is 5.14. The average Bonchev–Trinajstić information content (AvgIpc) is 3.18. The number of nitrogens with one attached hydrogen (secondary N) is 1. The lowest BCUT2D eigenvalue weighted by Crippen LogP contribution is -3.14. The molecule has 2 aromatic carbocycles. The smallest absolute Gasteiger partial charge is 0.274 e. The molecule has 1 aliphatic heterocycles. The monoisotopic (exact) mass is 383 g/mol. The Balaban J connectivity index is 1.43. The topological polar surface area (TPSA) is 46.6 Å². The summed E-state index contributed by atoms with van der Waals surface area (Å²) in [5.74, 6) is 1.21. The van der Waals surface area contributed by atoms with Gasteiger partial charge in [-0.3, -0.25) is 0 Å². The van der Waals surface area contributed by atoms with E-state index in [4.69, 9.17) is 16.0 Å². The predicted molar refractivity (Wildman–Crippen MR) is 107 cm³/mol. The molecule has 1 saturated heterocycles. The summed E-state index contributed by atoms with van der Waals surface area (Å²) in [5, 5.41) is 9.18. The normalized spacial score (nSPS) is 16.5. The van der Waals surface area contributed by atoms with Gasteiger partial charge in [0, 0.05) is 16.3 Å². The number of halogens is 1. The number of rotatable bonds is 4. The molecular weight excluding hydrogens is 360 g/mol. The number of nitrogens with zero attached hydrogens (tertiary/aromatic N) is 3. The molecule has 4 rings (SSSR count). The zero-order valence-corrected chi connectivity index (χ0v) is 16.4. The number of hydrogen-bond donors (Lipinski definition) is 1. The van der Waals surface area contributed by atoms with Gasteiger partial charge in [0.2, 0.25) is 5.89 Å². The van der Waals surface area contributed by atoms with E-state index in [9.17, 15) is 0 Å². The first-order chi connectivity index (χ1) is 13.1. The number of benzene rings is 2. The van der Waals surface area contributed by atoms with Crippen molar-refractivity contribution in [3.05, 3.63) is 65.0 Å². The van der Waals surface area contributed by atoms with Gasteiger partial charge in [0.1, 0.15) is 0 Å². The molecule has 0 bridgehead atoms. The standard InChI is InChI=1S/C21H23ClN4O/c1-15-6-3-4-9-19(15)26-12-10-25(11-13-26)16(2)20-23-24-21(27-20)17-7-5-8-18(22)14-17/h3-9,14,16H,10-13H2,1-2H3/p+1/t16-/m1/s1. The minimum atomic E-state index is 0.171. The summed E-state index contributed by atoms with van der Waals surface area (Å²) in [7, 11) is 0. The van der Waals surface area contributed by atoms with Crippen LogP contribution in [-0.2, 0) is 0 Å². The van der Waals surface area contributed by atoms with Gasteiger partial charge in [-0.15, -0.1) is 10.2 Å². The van der Waals surface area contributed by atoms with Crippen molar-refractivity contribution in [2.75, 3.05) is 31.1 Å². The molecule has 0 amide bonds. The molecule has 140 valence electrons. The fraction of sp³-hybridized carbons (Fsp3) is 0.333. The van der Waals surface area contributed by atoms with Crippen LogP contribution in [0.15, 0.2) is 52.9 Å². The van der Waals surface area contributed by atoms with Crippen molar-refractivity contribution in [2.24, 2.45) is 0 Å². The van der Waals surface area contributed by atoms with Crippen LogP contribution in [0.3, 0.4) is 0 Å². The minimum absolute atomic E-state index is 0.171. The van der Waals surface area contributed by atoms with Crippen molar-refractivity contribution in [1.82, 2.24) is 10.2 Å². The van der Waals surface area contributed by atoms with E-state index in [1.54, 1.807) is 0 Å². The molecule has 3 aromatic rings. The Labute approximate surface area is 164 Å². The first-order valence-corrected chi connectivity index (χ1v) is 9.74. The number of aryl methyl sites for hydroxylation is 1. The Morgan fingerprint density at radius 2 is 1.85 bits per heavy atom. The van der Waals surface area contributed by atoms with Crippen LogP contribution in [0.1, 0.15) is 24.4 Å². The van der Waals surface area contributed by atoms with Gasteiger partial charge in [-0.25, -0.2) is 0 Å². The molecule has 0 spiro atoms. The van der Waals surface area contributed by atoms with Crippen molar-refractivity contribution in [3.63, 3.8) is 0 Å². The molecule has 1 atom stereocenters. The highest BCUT2D eigenvalue weighted by Gasteiger charge is 2.29. The van der Waals surface area contributed by atoms with E-state index in [-0.39, 0.29) is 6.04 Å². The van der Waals surface area contributed by atoms with E-state index in [1.807, 2.05) is 24.3 Å². The van der Waals surface area contributed by atoms with Crippen LogP contribution in [0.5, 0.6) is 0 Å². The number of piperazine rings is 1. The quantitative estimate of drug-likeness (QED) is 0.751. The maximum absolute atomic E-state index is 6.06. The Hall–Kier alpha value is -2.37. The third-order valence-corrected chi connectivity index (χ3v) is 5.59. The van der Waals surface area contributed by atoms with Crippen molar-refractivity contribution < 1.29 is 9.32 Å². The van der Waals surface area contributed by atoms with E-state index < -0.39 is 0 Å². The van der Waals surface area contributed by atoms with Gasteiger partial charge in [-0.05, 0) is 43.7 Å². The number of para-hydroxylation sites is 1. The van der Waals surface area contributed by atoms with E-state index in [0.29, 0.717) is 16.8 Å². The molecule has 1 fully saturated rings. The molecule has 0 saturated carbocycles. The molecule has 0 radical (unpaired) electrons. The number of aromatic nitrogens is 2. The maximum Gasteiger partial charge on any atom is 0.274 e. The van der Waals surface area contributed by atoms with Crippen LogP contribution in [0, 0.1) is 6.92 Å². The highest BCUT2D eigenvalue weighted by atomic mass is 35.5. The van der Waals surface area contributed by atoms with Crippen LogP contribution in [0.4, 0.5) is 5.69 Å². The summed E-state index contributed by atoms with van der Waals surface area (Å²) < 4.78 is 5.95. The van der Waals surface area contributed by atoms with E-state index in [1.165, 1.54) is 16.2 Å². The Morgan fingerprint density at radius 1 is 1.07 bits per heavy atom. The maximum atomic E-state index is 6.06. The minimum Gasteiger partial charge on any atom is -0.415 e. The van der Waals surface area contributed by atoms with Gasteiger partial charge in [0.15, 0.2) is 6.04 Å². The second-order valence-electron chi connectivity index (χ2n) is 7.11. The molecule has 0 unspecified atom stereocenters. The zero-order valence-electron chi connectivity index (χ0n) is 15.7. The largest absolute Gasteiger partial charge is 0.415 e. The first kappa shape index (κ1) is 18.0. The summed E-state index contributed by atoms with van der Waals surface area (Å²) in [6, 6.07) is 16.3. The number of hydrogen-bond acceptors (Lipinski definition) is 4. The van der Waals surface area contributed by atoms with Crippen LogP contribution >= 0.6 is 11.6 Å². The van der Waals surface area contributed by atoms with Crippen molar-refractivity contribution in [1.29, 1.82) is 0 Å². The highest BCUT2D eigenvalue weighted by Crippen LogP contribution is 2.23. The summed E-state index contributed by atoms with van der Waals surface area (Å²) in [6.07, 6.45) is 0. The highest BCUT2D eigenvalue weighted by molar-refractivity contribution is 6.30. The predicted octanol–water partition coefficient (Wildman–Crippen LogP) is 3.16. The molecule has 2 heterocycles. The number of quaternary nitrogens is 1. The van der Waals surface area contributed by atoms with Gasteiger partial charge in [-0.2, -0.15) is 0 Å². The second kappa shape index (κ2) is 7.71. The summed E-state index contributed by atoms with van der Waals surface area (Å²) in [4.78, 5) is 3.94. The van der Waals surface area contributed by atoms with E-state index in [0.717, 1.165) is 31.7 Å². The fourth-order valence-electron chi connectivity index (χ4n) is 3.71. The molecule has 1 N–H and O–H groups in total. The Bertz CT molecular complexity index is 918. The van der Waals surface area contributed by atoms with E-state index in [2.05, 4.69) is 53.2 Å². The summed E-state index contributed by atoms with van der Waals surface area (Å²) >= 11 is 6.06. The van der Waals surface area contributed by atoms with Gasteiger partial charge in [0.25, 0.3) is 5.89 Å². The molecule has 0 aliphatic carbocycles. The van der Waals surface area contributed by atoms with Crippen molar-refractivity contribution in [2.45, 2.75) is 19.9 Å². The van der Waals surface area contributed by atoms with Crippen LogP contribution in [0.2, 0.25) is 5.02 Å². The van der Waals surface area contributed by atoms with Gasteiger partial charge < -0.3 is 14.2 Å². The van der Waals surface area contributed by atoms with Crippen molar-refractivity contribution in [3.8, 4) is 11.5 Å². The Morgan fingerprint density at radius 3 is 2.59 bits per heavy atom. The number of anilines is 1. The fourth-order valence-corrected chi connectivity index (χ4v) is 3.90. The SMILES string of the molecule is Cc1ccccc1N1CC[NH+]([C@H](C)c2nnc(-c3cccc(Cl)c3)o2)CC1. The molecule has 5 nitrogen and oxygen atoms in total. The van der Waals surface area contributed by atoms with E-state index >= 15 is 0 Å². The average molecular weight is 384 g/mol. The lowest BCUT2D eigenvalue weighted by atomic mass is 10.1. The second-order valence-corrected chi connectivity index (χ2v) is 7.55. The molecule has 1 aliphatic rings. The van der Waals surface area contributed by atoms with Gasteiger partial charge in [-0.1, -0.05) is 35.9 Å². The van der Waals surface area contributed by atoms with Gasteiger partial charge >= 0.3 is 0 Å². The van der Waals surface area contributed by atoms with Gasteiger partial charge in [0.05, 0.1) is 26.2 Å². The third-order valence-electron chi connectivity index (χ3n) is 5.36. The zero-order chi connectivity index (χ0) is 18.8. The van der Waals surface area contributed by atoms with Crippen LogP contribution in [-0.4, -0.2) is 36.4 Å². The van der Waals surface area contributed by atoms with Crippen LogP contribution < -0.4 is 9.80 Å². The molecule has 27 heavy (non-hydrogen) atoms. The molecule has 1 aromatic heterocycles. The summed E-state index contributed by atoms with van der Waals surface area (Å²) in [5.41, 5.74) is 3.52. The molecular formula is C21H24ClN4O+.